The number of hydrogen-bond acceptors (Lipinski definition) is 5. The lowest BCUT2D eigenvalue weighted by atomic mass is 9.92. The third-order valence-electron chi connectivity index (χ3n) is 3.85. The number of ether oxygens (including phenoxy) is 3. The van der Waals surface area contributed by atoms with Gasteiger partial charge in [-0.25, -0.2) is 0 Å². The lowest BCUT2D eigenvalue weighted by Crippen LogP contribution is -2.30. The van der Waals surface area contributed by atoms with E-state index >= 15 is 0 Å². The summed E-state index contributed by atoms with van der Waals surface area (Å²) in [6.45, 7) is 1.58. The number of anilines is 1. The van der Waals surface area contributed by atoms with E-state index in [1.807, 2.05) is 24.3 Å². The number of hydrogen-bond donors (Lipinski definition) is 1. The fourth-order valence-electron chi connectivity index (χ4n) is 2.52. The molecule has 2 unspecified atom stereocenters. The summed E-state index contributed by atoms with van der Waals surface area (Å²) in [5.41, 5.74) is 0.658. The minimum atomic E-state index is -0.276. The summed E-state index contributed by atoms with van der Waals surface area (Å²) < 4.78 is 15.4. The maximum absolute atomic E-state index is 12.1. The van der Waals surface area contributed by atoms with Crippen LogP contribution in [0.4, 0.5) is 5.69 Å². The van der Waals surface area contributed by atoms with Crippen molar-refractivity contribution in [2.45, 2.75) is 12.5 Å². The van der Waals surface area contributed by atoms with Crippen LogP contribution in [0.1, 0.15) is 6.42 Å². The molecule has 0 bridgehead atoms. The van der Waals surface area contributed by atoms with Crippen molar-refractivity contribution in [3.8, 4) is 0 Å². The van der Waals surface area contributed by atoms with E-state index in [-0.39, 0.29) is 31.0 Å². The fraction of sp³-hybridized carbons (Fsp3) is 0.421. The molecule has 0 amide bonds. The van der Waals surface area contributed by atoms with Crippen molar-refractivity contribution in [2.75, 3.05) is 38.9 Å². The predicted molar refractivity (Wildman–Crippen MR) is 104 cm³/mol. The average molecular weight is 400 g/mol. The Morgan fingerprint density at radius 2 is 1.77 bits per heavy atom. The van der Waals surface area contributed by atoms with Crippen LogP contribution in [-0.4, -0.2) is 45.5 Å². The molecular formula is C19H23Cl2NO4. The van der Waals surface area contributed by atoms with E-state index in [2.05, 4.69) is 5.32 Å². The minimum absolute atomic E-state index is 0.0609. The minimum Gasteiger partial charge on any atom is -0.463 e. The van der Waals surface area contributed by atoms with Gasteiger partial charge in [-0.2, -0.15) is 0 Å². The summed E-state index contributed by atoms with van der Waals surface area (Å²) in [6, 6.07) is 5.22. The lowest BCUT2D eigenvalue weighted by Gasteiger charge is -2.26. The standard InChI is InChI=1S/C19H23Cl2NO4/c1-24-9-10-25-11-12-26-18(23)13-14-5-2-3-8-17(14)22-19-15(20)6-4-7-16(19)21/h2-8,14,17,22H,9-13H2,1H3. The van der Waals surface area contributed by atoms with E-state index in [1.54, 1.807) is 25.3 Å². The zero-order valence-corrected chi connectivity index (χ0v) is 16.1. The van der Waals surface area contributed by atoms with E-state index in [0.717, 1.165) is 0 Å². The summed E-state index contributed by atoms with van der Waals surface area (Å²) >= 11 is 12.4. The van der Waals surface area contributed by atoms with Gasteiger partial charge < -0.3 is 19.5 Å². The van der Waals surface area contributed by atoms with Gasteiger partial charge in [0.05, 0.1) is 48.0 Å². The Balaban J connectivity index is 1.84. The Morgan fingerprint density at radius 1 is 1.08 bits per heavy atom. The van der Waals surface area contributed by atoms with Crippen LogP contribution in [-0.2, 0) is 19.0 Å². The molecule has 0 saturated heterocycles. The van der Waals surface area contributed by atoms with Crippen molar-refractivity contribution >= 4 is 34.9 Å². The molecule has 0 spiro atoms. The molecule has 0 radical (unpaired) electrons. The highest BCUT2D eigenvalue weighted by molar-refractivity contribution is 6.39. The van der Waals surface area contributed by atoms with Crippen molar-refractivity contribution in [1.82, 2.24) is 0 Å². The van der Waals surface area contributed by atoms with Crippen LogP contribution in [0.3, 0.4) is 0 Å². The van der Waals surface area contributed by atoms with Crippen molar-refractivity contribution in [3.63, 3.8) is 0 Å². The largest absolute Gasteiger partial charge is 0.463 e. The van der Waals surface area contributed by atoms with Crippen molar-refractivity contribution in [3.05, 3.63) is 52.5 Å². The molecule has 0 aliphatic heterocycles. The fourth-order valence-corrected chi connectivity index (χ4v) is 3.02. The molecule has 0 aromatic heterocycles. The van der Waals surface area contributed by atoms with E-state index < -0.39 is 0 Å². The van der Waals surface area contributed by atoms with Crippen molar-refractivity contribution in [1.29, 1.82) is 0 Å². The SMILES string of the molecule is COCCOCCOC(=O)CC1C=CC=CC1Nc1c(Cl)cccc1Cl. The highest BCUT2D eigenvalue weighted by Gasteiger charge is 2.23. The Morgan fingerprint density at radius 3 is 2.50 bits per heavy atom. The third kappa shape index (κ3) is 6.65. The summed E-state index contributed by atoms with van der Waals surface area (Å²) in [7, 11) is 1.61. The first-order valence-electron chi connectivity index (χ1n) is 8.39. The maximum atomic E-state index is 12.1. The number of para-hydroxylation sites is 1. The molecule has 26 heavy (non-hydrogen) atoms. The lowest BCUT2D eigenvalue weighted by molar-refractivity contribution is -0.146. The van der Waals surface area contributed by atoms with Gasteiger partial charge in [0, 0.05) is 13.0 Å². The predicted octanol–water partition coefficient (Wildman–Crippen LogP) is 4.11. The first kappa shape index (κ1) is 20.8. The first-order chi connectivity index (χ1) is 12.6. The third-order valence-corrected chi connectivity index (χ3v) is 4.48. The molecule has 5 nitrogen and oxygen atoms in total. The van der Waals surface area contributed by atoms with Gasteiger partial charge in [0.15, 0.2) is 0 Å². The molecule has 7 heteroatoms. The molecule has 1 N–H and O–H groups in total. The molecule has 0 heterocycles. The molecule has 2 atom stereocenters. The zero-order chi connectivity index (χ0) is 18.8. The van der Waals surface area contributed by atoms with Gasteiger partial charge in [-0.3, -0.25) is 4.79 Å². The van der Waals surface area contributed by atoms with E-state index in [0.29, 0.717) is 35.6 Å². The van der Waals surface area contributed by atoms with Gasteiger partial charge in [0.25, 0.3) is 0 Å². The van der Waals surface area contributed by atoms with Crippen LogP contribution in [0.15, 0.2) is 42.5 Å². The average Bonchev–Trinajstić information content (AvgIpc) is 2.62. The molecule has 1 aliphatic carbocycles. The second-order valence-electron chi connectivity index (χ2n) is 5.73. The van der Waals surface area contributed by atoms with Crippen molar-refractivity contribution < 1.29 is 19.0 Å². The van der Waals surface area contributed by atoms with Crippen molar-refractivity contribution in [2.24, 2.45) is 5.92 Å². The number of carbonyl (C=O) groups excluding carboxylic acids is 1. The number of methoxy groups -OCH3 is 1. The Hall–Kier alpha value is -1.53. The van der Waals surface area contributed by atoms with Crippen LogP contribution in [0.25, 0.3) is 0 Å². The number of nitrogens with one attached hydrogen (secondary N) is 1. The molecule has 1 aromatic rings. The monoisotopic (exact) mass is 399 g/mol. The molecule has 0 fully saturated rings. The summed E-state index contributed by atoms with van der Waals surface area (Å²) in [6.07, 6.45) is 8.04. The topological polar surface area (TPSA) is 56.8 Å². The first-order valence-corrected chi connectivity index (χ1v) is 9.15. The molecule has 1 aliphatic rings. The highest BCUT2D eigenvalue weighted by atomic mass is 35.5. The summed E-state index contributed by atoms with van der Waals surface area (Å²) in [5.74, 6) is -0.336. The maximum Gasteiger partial charge on any atom is 0.306 e. The van der Waals surface area contributed by atoms with Crippen LogP contribution in [0.5, 0.6) is 0 Å². The molecule has 2 rings (SSSR count). The summed E-state index contributed by atoms with van der Waals surface area (Å²) in [4.78, 5) is 12.1. The number of allylic oxidation sites excluding steroid dienone is 2. The van der Waals surface area contributed by atoms with Gasteiger partial charge in [-0.05, 0) is 12.1 Å². The normalized spacial score (nSPS) is 18.7. The van der Waals surface area contributed by atoms with Gasteiger partial charge >= 0.3 is 5.97 Å². The number of rotatable bonds is 10. The number of halogens is 2. The quantitative estimate of drug-likeness (QED) is 0.473. The van der Waals surface area contributed by atoms with Gasteiger partial charge in [0.1, 0.15) is 6.61 Å². The summed E-state index contributed by atoms with van der Waals surface area (Å²) in [5, 5.41) is 4.39. The Labute approximate surface area is 163 Å². The molecule has 0 saturated carbocycles. The van der Waals surface area contributed by atoms with Crippen LogP contribution in [0.2, 0.25) is 10.0 Å². The Kier molecular flexibility index (Phi) is 8.98. The number of esters is 1. The smallest absolute Gasteiger partial charge is 0.306 e. The van der Waals surface area contributed by atoms with E-state index in [9.17, 15) is 4.79 Å². The van der Waals surface area contributed by atoms with Crippen LogP contribution >= 0.6 is 23.2 Å². The van der Waals surface area contributed by atoms with Gasteiger partial charge in [-0.15, -0.1) is 0 Å². The number of benzene rings is 1. The highest BCUT2D eigenvalue weighted by Crippen LogP contribution is 2.32. The second-order valence-corrected chi connectivity index (χ2v) is 6.54. The van der Waals surface area contributed by atoms with Gasteiger partial charge in [-0.1, -0.05) is 53.6 Å². The van der Waals surface area contributed by atoms with Gasteiger partial charge in [0.2, 0.25) is 0 Å². The van der Waals surface area contributed by atoms with E-state index in [4.69, 9.17) is 37.4 Å². The molecule has 142 valence electrons. The van der Waals surface area contributed by atoms with Crippen LogP contribution < -0.4 is 5.32 Å². The molecular weight excluding hydrogens is 377 g/mol. The molecule has 1 aromatic carbocycles. The zero-order valence-electron chi connectivity index (χ0n) is 14.6. The second kappa shape index (κ2) is 11.2. The van der Waals surface area contributed by atoms with E-state index in [1.165, 1.54) is 0 Å². The Bertz CT molecular complexity index is 628. The van der Waals surface area contributed by atoms with Crippen LogP contribution in [0, 0.1) is 5.92 Å². The number of carbonyl (C=O) groups is 1.